The molecule has 1 N–H and O–H groups in total. The Bertz CT molecular complexity index is 1450. The van der Waals surface area contributed by atoms with Crippen LogP contribution in [0.15, 0.2) is 47.3 Å². The lowest BCUT2D eigenvalue weighted by Crippen LogP contribution is -2.53. The Hall–Kier alpha value is -3.10. The molecular formula is C32H40F2N4O2. The van der Waals surface area contributed by atoms with Gasteiger partial charge in [0.2, 0.25) is 0 Å². The van der Waals surface area contributed by atoms with Gasteiger partial charge in [-0.25, -0.2) is 8.78 Å². The summed E-state index contributed by atoms with van der Waals surface area (Å²) in [5.41, 5.74) is 1.33. The van der Waals surface area contributed by atoms with Gasteiger partial charge in [0.15, 0.2) is 0 Å². The summed E-state index contributed by atoms with van der Waals surface area (Å²) in [6.07, 6.45) is 2.55. The number of carbonyl (C=O) groups is 1. The summed E-state index contributed by atoms with van der Waals surface area (Å²) in [6, 6.07) is 10.5. The first-order chi connectivity index (χ1) is 19.1. The Labute approximate surface area is 235 Å². The molecule has 1 saturated carbocycles. The maximum absolute atomic E-state index is 15.2. The van der Waals surface area contributed by atoms with E-state index in [1.165, 1.54) is 18.2 Å². The average Bonchev–Trinajstić information content (AvgIpc) is 3.75. The van der Waals surface area contributed by atoms with Gasteiger partial charge in [-0.05, 0) is 69.7 Å². The molecule has 1 aliphatic heterocycles. The standard InChI is InChI=1S/C32H40F2N4O2/c1-5-14-38-26(20-36-15-17-37(18-16-36)32(2,3)4)28(24-10-7-11-25(34)27(24)31(38)40)30(39)35-29(21-12-13-21)22-8-6-9-23(33)19-22/h6-11,19,21,29H,5,12-18,20H2,1-4H3,(H,35,39)/t29-/m0/s1. The van der Waals surface area contributed by atoms with Crippen LogP contribution in [-0.2, 0) is 13.1 Å². The molecule has 0 bridgehead atoms. The predicted octanol–water partition coefficient (Wildman–Crippen LogP) is 5.49. The number of rotatable bonds is 8. The van der Waals surface area contributed by atoms with Crippen molar-refractivity contribution < 1.29 is 13.6 Å². The molecule has 214 valence electrons. The summed E-state index contributed by atoms with van der Waals surface area (Å²) in [7, 11) is 0. The van der Waals surface area contributed by atoms with Crippen molar-refractivity contribution in [1.29, 1.82) is 0 Å². The molecule has 1 saturated heterocycles. The van der Waals surface area contributed by atoms with Gasteiger partial charge in [-0.1, -0.05) is 31.2 Å². The highest BCUT2D eigenvalue weighted by atomic mass is 19.1. The van der Waals surface area contributed by atoms with E-state index >= 15 is 4.39 Å². The third-order valence-electron chi connectivity index (χ3n) is 8.31. The van der Waals surface area contributed by atoms with Crippen LogP contribution < -0.4 is 10.9 Å². The van der Waals surface area contributed by atoms with Crippen molar-refractivity contribution >= 4 is 16.7 Å². The SMILES string of the molecule is CCCn1c(CN2CCN(C(C)(C)C)CC2)c(C(=O)N[C@H](c2cccc(F)c2)C2CC2)c2cccc(F)c2c1=O. The summed E-state index contributed by atoms with van der Waals surface area (Å²) < 4.78 is 30.9. The fraction of sp³-hybridized carbons (Fsp3) is 0.500. The fourth-order valence-corrected chi connectivity index (χ4v) is 5.98. The Balaban J connectivity index is 1.58. The van der Waals surface area contributed by atoms with Crippen LogP contribution in [0.25, 0.3) is 10.8 Å². The normalized spacial score (nSPS) is 17.8. The zero-order valence-corrected chi connectivity index (χ0v) is 24.0. The zero-order valence-electron chi connectivity index (χ0n) is 24.0. The smallest absolute Gasteiger partial charge is 0.261 e. The van der Waals surface area contributed by atoms with E-state index in [2.05, 4.69) is 35.9 Å². The minimum atomic E-state index is -0.629. The van der Waals surface area contributed by atoms with E-state index in [9.17, 15) is 14.0 Å². The maximum Gasteiger partial charge on any atom is 0.261 e. The van der Waals surface area contributed by atoms with Gasteiger partial charge in [-0.15, -0.1) is 0 Å². The quantitative estimate of drug-likeness (QED) is 0.403. The number of hydrogen-bond acceptors (Lipinski definition) is 4. The van der Waals surface area contributed by atoms with Crippen LogP contribution in [0.3, 0.4) is 0 Å². The van der Waals surface area contributed by atoms with E-state index < -0.39 is 11.4 Å². The Kier molecular flexibility index (Phi) is 8.11. The number of hydrogen-bond donors (Lipinski definition) is 1. The van der Waals surface area contributed by atoms with Crippen LogP contribution in [-0.4, -0.2) is 52.0 Å². The maximum atomic E-state index is 15.2. The summed E-state index contributed by atoms with van der Waals surface area (Å²) in [5.74, 6) is -1.12. The Morgan fingerprint density at radius 3 is 2.38 bits per heavy atom. The molecule has 2 fully saturated rings. The number of aromatic nitrogens is 1. The number of carbonyl (C=O) groups excluding carboxylic acids is 1. The molecule has 3 aromatic rings. The molecule has 1 aliphatic carbocycles. The minimum absolute atomic E-state index is 0.0591. The molecule has 2 aromatic carbocycles. The molecule has 0 radical (unpaired) electrons. The van der Waals surface area contributed by atoms with Gasteiger partial charge >= 0.3 is 0 Å². The van der Waals surface area contributed by atoms with Crippen molar-refractivity contribution in [3.05, 3.63) is 81.3 Å². The highest BCUT2D eigenvalue weighted by Gasteiger charge is 2.35. The second kappa shape index (κ2) is 11.4. The summed E-state index contributed by atoms with van der Waals surface area (Å²) in [5, 5.41) is 3.44. The molecule has 0 unspecified atom stereocenters. The monoisotopic (exact) mass is 550 g/mol. The number of benzene rings is 2. The van der Waals surface area contributed by atoms with Crippen LogP contribution in [0.5, 0.6) is 0 Å². The van der Waals surface area contributed by atoms with Crippen molar-refractivity contribution in [2.24, 2.45) is 5.92 Å². The number of halogens is 2. The predicted molar refractivity (Wildman–Crippen MR) is 154 cm³/mol. The first-order valence-electron chi connectivity index (χ1n) is 14.5. The molecule has 1 aromatic heterocycles. The summed E-state index contributed by atoms with van der Waals surface area (Å²) >= 11 is 0. The molecular weight excluding hydrogens is 510 g/mol. The number of nitrogens with zero attached hydrogens (tertiary/aromatic N) is 3. The molecule has 2 heterocycles. The molecule has 6 nitrogen and oxygen atoms in total. The van der Waals surface area contributed by atoms with Crippen LogP contribution in [0.4, 0.5) is 8.78 Å². The van der Waals surface area contributed by atoms with E-state index in [0.717, 1.165) is 39.0 Å². The van der Waals surface area contributed by atoms with Crippen LogP contribution in [0.2, 0.25) is 0 Å². The third-order valence-corrected chi connectivity index (χ3v) is 8.31. The van der Waals surface area contributed by atoms with Crippen LogP contribution in [0, 0.1) is 17.6 Å². The van der Waals surface area contributed by atoms with Gasteiger partial charge in [0.25, 0.3) is 11.5 Å². The largest absolute Gasteiger partial charge is 0.345 e. The molecule has 1 amide bonds. The van der Waals surface area contributed by atoms with E-state index in [1.807, 2.05) is 13.0 Å². The molecule has 1 atom stereocenters. The van der Waals surface area contributed by atoms with Gasteiger partial charge in [-0.2, -0.15) is 0 Å². The summed E-state index contributed by atoms with van der Waals surface area (Å²) in [6.45, 7) is 12.7. The topological polar surface area (TPSA) is 57.6 Å². The molecule has 5 rings (SSSR count). The highest BCUT2D eigenvalue weighted by Crippen LogP contribution is 2.41. The average molecular weight is 551 g/mol. The van der Waals surface area contributed by atoms with E-state index in [1.54, 1.807) is 22.8 Å². The van der Waals surface area contributed by atoms with Crippen molar-refractivity contribution in [3.8, 4) is 0 Å². The van der Waals surface area contributed by atoms with Crippen molar-refractivity contribution in [1.82, 2.24) is 19.7 Å². The molecule has 8 heteroatoms. The second-order valence-electron chi connectivity index (χ2n) is 12.2. The Morgan fingerprint density at radius 1 is 1.05 bits per heavy atom. The van der Waals surface area contributed by atoms with Crippen molar-refractivity contribution in [2.45, 2.75) is 71.6 Å². The van der Waals surface area contributed by atoms with E-state index in [-0.39, 0.29) is 34.6 Å². The molecule has 0 spiro atoms. The number of pyridine rings is 1. The lowest BCUT2D eigenvalue weighted by Gasteiger charge is -2.42. The third kappa shape index (κ3) is 5.84. The molecule has 40 heavy (non-hydrogen) atoms. The lowest BCUT2D eigenvalue weighted by atomic mass is 9.98. The van der Waals surface area contributed by atoms with Gasteiger partial charge in [0.1, 0.15) is 11.6 Å². The Morgan fingerprint density at radius 2 is 1.75 bits per heavy atom. The van der Waals surface area contributed by atoms with E-state index in [0.29, 0.717) is 41.7 Å². The van der Waals surface area contributed by atoms with Crippen molar-refractivity contribution in [3.63, 3.8) is 0 Å². The van der Waals surface area contributed by atoms with Crippen molar-refractivity contribution in [2.75, 3.05) is 26.2 Å². The number of piperazine rings is 1. The van der Waals surface area contributed by atoms with Crippen LogP contribution in [0.1, 0.15) is 74.6 Å². The van der Waals surface area contributed by atoms with Gasteiger partial charge in [-0.3, -0.25) is 19.4 Å². The van der Waals surface area contributed by atoms with E-state index in [4.69, 9.17) is 0 Å². The van der Waals surface area contributed by atoms with Gasteiger partial charge < -0.3 is 9.88 Å². The number of amides is 1. The first kappa shape index (κ1) is 28.4. The highest BCUT2D eigenvalue weighted by molar-refractivity contribution is 6.08. The first-order valence-corrected chi connectivity index (χ1v) is 14.5. The fourth-order valence-electron chi connectivity index (χ4n) is 5.98. The zero-order chi connectivity index (χ0) is 28.6. The number of nitrogens with one attached hydrogen (secondary N) is 1. The molecule has 2 aliphatic rings. The summed E-state index contributed by atoms with van der Waals surface area (Å²) in [4.78, 5) is 32.6. The number of fused-ring (bicyclic) bond motifs is 1. The van der Waals surface area contributed by atoms with Gasteiger partial charge in [0.05, 0.1) is 17.0 Å². The van der Waals surface area contributed by atoms with Crippen LogP contribution >= 0.6 is 0 Å². The van der Waals surface area contributed by atoms with Gasteiger partial charge in [0, 0.05) is 55.9 Å². The minimum Gasteiger partial charge on any atom is -0.345 e. The second-order valence-corrected chi connectivity index (χ2v) is 12.2. The lowest BCUT2D eigenvalue weighted by molar-refractivity contribution is 0.0577.